The van der Waals surface area contributed by atoms with Crippen LogP contribution in [0.4, 0.5) is 5.82 Å². The van der Waals surface area contributed by atoms with Gasteiger partial charge in [0.1, 0.15) is 16.8 Å². The number of nitrogens with one attached hydrogen (secondary N) is 2. The summed E-state index contributed by atoms with van der Waals surface area (Å²) in [6, 6.07) is 2.00. The Bertz CT molecular complexity index is 446. The molecule has 0 bridgehead atoms. The van der Waals surface area contributed by atoms with E-state index < -0.39 is 0 Å². The van der Waals surface area contributed by atoms with Crippen molar-refractivity contribution in [3.8, 4) is 0 Å². The molecule has 1 amide bonds. The largest absolute Gasteiger partial charge is 0.361 e. The van der Waals surface area contributed by atoms with Gasteiger partial charge in [-0.1, -0.05) is 25.4 Å². The van der Waals surface area contributed by atoms with Crippen LogP contribution in [0.3, 0.4) is 0 Å². The predicted octanol–water partition coefficient (Wildman–Crippen LogP) is 1.94. The molecule has 0 spiro atoms. The number of amides is 1. The van der Waals surface area contributed by atoms with E-state index in [1.807, 2.05) is 13.8 Å². The van der Waals surface area contributed by atoms with Gasteiger partial charge in [-0.25, -0.2) is 9.97 Å². The Morgan fingerprint density at radius 3 is 2.83 bits per heavy atom. The van der Waals surface area contributed by atoms with Crippen molar-refractivity contribution < 1.29 is 4.79 Å². The maximum Gasteiger partial charge on any atom is 0.239 e. The van der Waals surface area contributed by atoms with E-state index in [2.05, 4.69) is 20.6 Å². The summed E-state index contributed by atoms with van der Waals surface area (Å²) in [5.41, 5.74) is 0. The molecule has 2 rings (SSSR count). The summed E-state index contributed by atoms with van der Waals surface area (Å²) in [4.78, 5) is 20.0. The zero-order valence-electron chi connectivity index (χ0n) is 10.5. The number of hydrogen-bond donors (Lipinski definition) is 2. The second-order valence-electron chi connectivity index (χ2n) is 4.78. The first kappa shape index (κ1) is 13.1. The van der Waals surface area contributed by atoms with E-state index in [1.54, 1.807) is 6.07 Å². The number of nitrogens with zero attached hydrogens (tertiary/aromatic N) is 2. The van der Waals surface area contributed by atoms with E-state index in [1.165, 1.54) is 0 Å². The van der Waals surface area contributed by atoms with Crippen molar-refractivity contribution in [2.75, 3.05) is 11.9 Å². The molecule has 0 aromatic carbocycles. The fraction of sp³-hybridized carbons (Fsp3) is 0.583. The molecule has 5 nitrogen and oxygen atoms in total. The number of hydrogen-bond acceptors (Lipinski definition) is 4. The molecule has 98 valence electrons. The zero-order chi connectivity index (χ0) is 13.1. The van der Waals surface area contributed by atoms with Gasteiger partial charge in [-0.2, -0.15) is 0 Å². The normalized spacial score (nSPS) is 14.7. The van der Waals surface area contributed by atoms with Crippen LogP contribution in [0.25, 0.3) is 0 Å². The highest BCUT2D eigenvalue weighted by Gasteiger charge is 2.22. The van der Waals surface area contributed by atoms with E-state index in [-0.39, 0.29) is 18.4 Å². The average molecular weight is 269 g/mol. The summed E-state index contributed by atoms with van der Waals surface area (Å²) in [7, 11) is 0. The molecule has 2 N–H and O–H groups in total. The number of anilines is 1. The summed E-state index contributed by atoms with van der Waals surface area (Å²) < 4.78 is 0. The third-order valence-corrected chi connectivity index (χ3v) is 2.79. The van der Waals surface area contributed by atoms with Gasteiger partial charge >= 0.3 is 0 Å². The third kappa shape index (κ3) is 3.84. The molecule has 0 unspecified atom stereocenters. The molecule has 0 atom stereocenters. The number of halogens is 1. The van der Waals surface area contributed by atoms with Gasteiger partial charge in [0.05, 0.1) is 6.54 Å². The molecule has 0 saturated heterocycles. The summed E-state index contributed by atoms with van der Waals surface area (Å²) >= 11 is 5.91. The lowest BCUT2D eigenvalue weighted by atomic mass is 10.2. The Morgan fingerprint density at radius 2 is 2.22 bits per heavy atom. The van der Waals surface area contributed by atoms with Crippen LogP contribution in [0, 0.1) is 0 Å². The Labute approximate surface area is 111 Å². The summed E-state index contributed by atoms with van der Waals surface area (Å²) in [6.07, 6.45) is 2.17. The van der Waals surface area contributed by atoms with E-state index in [9.17, 15) is 4.79 Å². The van der Waals surface area contributed by atoms with Crippen molar-refractivity contribution in [3.63, 3.8) is 0 Å². The molecule has 1 aromatic heterocycles. The third-order valence-electron chi connectivity index (χ3n) is 2.60. The SMILES string of the molecule is CC(C)c1nc(Cl)cc(NCC(=O)NC2CC2)n1. The Morgan fingerprint density at radius 1 is 1.50 bits per heavy atom. The monoisotopic (exact) mass is 268 g/mol. The zero-order valence-corrected chi connectivity index (χ0v) is 11.3. The van der Waals surface area contributed by atoms with E-state index in [0.29, 0.717) is 22.8 Å². The van der Waals surface area contributed by atoms with Gasteiger partial charge < -0.3 is 10.6 Å². The molecule has 0 aliphatic heterocycles. The van der Waals surface area contributed by atoms with Crippen LogP contribution in [0.15, 0.2) is 6.07 Å². The number of carbonyl (C=O) groups excluding carboxylic acids is 1. The molecule has 1 aliphatic rings. The van der Waals surface area contributed by atoms with Crippen LogP contribution in [0.2, 0.25) is 5.15 Å². The van der Waals surface area contributed by atoms with E-state index in [4.69, 9.17) is 11.6 Å². The Hall–Kier alpha value is -1.36. The first-order chi connectivity index (χ1) is 8.54. The molecule has 18 heavy (non-hydrogen) atoms. The summed E-state index contributed by atoms with van der Waals surface area (Å²) in [5.74, 6) is 1.44. The molecule has 0 radical (unpaired) electrons. The van der Waals surface area contributed by atoms with Crippen molar-refractivity contribution in [1.29, 1.82) is 0 Å². The standard InChI is InChI=1S/C12H17ClN4O/c1-7(2)12-16-9(13)5-10(17-12)14-6-11(18)15-8-3-4-8/h5,7-8H,3-4,6H2,1-2H3,(H,15,18)(H,14,16,17). The van der Waals surface area contributed by atoms with Crippen molar-refractivity contribution >= 4 is 23.3 Å². The molecule has 1 aliphatic carbocycles. The van der Waals surface area contributed by atoms with E-state index >= 15 is 0 Å². The Balaban J connectivity index is 1.93. The summed E-state index contributed by atoms with van der Waals surface area (Å²) in [5, 5.41) is 6.25. The van der Waals surface area contributed by atoms with Crippen LogP contribution in [0.1, 0.15) is 38.4 Å². The van der Waals surface area contributed by atoms with Crippen molar-refractivity contribution in [3.05, 3.63) is 17.0 Å². The lowest BCUT2D eigenvalue weighted by Crippen LogP contribution is -2.31. The van der Waals surface area contributed by atoms with E-state index in [0.717, 1.165) is 12.8 Å². The minimum Gasteiger partial charge on any atom is -0.361 e. The summed E-state index contributed by atoms with van der Waals surface area (Å²) in [6.45, 7) is 4.20. The minimum atomic E-state index is -0.0154. The molecule has 1 heterocycles. The first-order valence-corrected chi connectivity index (χ1v) is 6.50. The first-order valence-electron chi connectivity index (χ1n) is 6.12. The van der Waals surface area contributed by atoms with Crippen LogP contribution < -0.4 is 10.6 Å². The van der Waals surface area contributed by atoms with Gasteiger partial charge in [0.25, 0.3) is 0 Å². The highest BCUT2D eigenvalue weighted by Crippen LogP contribution is 2.19. The van der Waals surface area contributed by atoms with Crippen LogP contribution in [0.5, 0.6) is 0 Å². The van der Waals surface area contributed by atoms with Gasteiger partial charge in [0.2, 0.25) is 5.91 Å². The average Bonchev–Trinajstić information content (AvgIpc) is 3.09. The number of carbonyl (C=O) groups is 1. The molecule has 1 aromatic rings. The molecule has 6 heteroatoms. The second kappa shape index (κ2) is 5.52. The van der Waals surface area contributed by atoms with Gasteiger partial charge in [0.15, 0.2) is 0 Å². The molecular formula is C12H17ClN4O. The highest BCUT2D eigenvalue weighted by molar-refractivity contribution is 6.29. The van der Waals surface area contributed by atoms with Gasteiger partial charge in [-0.3, -0.25) is 4.79 Å². The second-order valence-corrected chi connectivity index (χ2v) is 5.17. The van der Waals surface area contributed by atoms with Crippen LogP contribution >= 0.6 is 11.6 Å². The topological polar surface area (TPSA) is 66.9 Å². The van der Waals surface area contributed by atoms with Gasteiger partial charge in [0, 0.05) is 18.0 Å². The fourth-order valence-electron chi connectivity index (χ4n) is 1.46. The van der Waals surface area contributed by atoms with Gasteiger partial charge in [-0.15, -0.1) is 0 Å². The van der Waals surface area contributed by atoms with Crippen molar-refractivity contribution in [1.82, 2.24) is 15.3 Å². The highest BCUT2D eigenvalue weighted by atomic mass is 35.5. The van der Waals surface area contributed by atoms with Gasteiger partial charge in [-0.05, 0) is 12.8 Å². The van der Waals surface area contributed by atoms with Crippen molar-refractivity contribution in [2.45, 2.75) is 38.6 Å². The lowest BCUT2D eigenvalue weighted by molar-refractivity contribution is -0.119. The maximum absolute atomic E-state index is 11.5. The quantitative estimate of drug-likeness (QED) is 0.801. The van der Waals surface area contributed by atoms with Crippen molar-refractivity contribution in [2.24, 2.45) is 0 Å². The maximum atomic E-state index is 11.5. The van der Waals surface area contributed by atoms with Crippen LogP contribution in [-0.2, 0) is 4.79 Å². The molecular weight excluding hydrogens is 252 g/mol. The predicted molar refractivity (Wildman–Crippen MR) is 70.8 cm³/mol. The minimum absolute atomic E-state index is 0.0154. The number of rotatable bonds is 5. The molecule has 1 saturated carbocycles. The molecule has 1 fully saturated rings. The number of aromatic nitrogens is 2. The smallest absolute Gasteiger partial charge is 0.239 e. The Kier molecular flexibility index (Phi) is 4.01. The van der Waals surface area contributed by atoms with Crippen LogP contribution in [-0.4, -0.2) is 28.5 Å². The lowest BCUT2D eigenvalue weighted by Gasteiger charge is -2.09. The fourth-order valence-corrected chi connectivity index (χ4v) is 1.65.